The van der Waals surface area contributed by atoms with Gasteiger partial charge in [-0.05, 0) is 17.7 Å². The summed E-state index contributed by atoms with van der Waals surface area (Å²) in [5, 5.41) is 11.5. The van der Waals surface area contributed by atoms with Crippen LogP contribution in [0.15, 0.2) is 30.5 Å². The molecule has 2 heterocycles. The van der Waals surface area contributed by atoms with Crippen LogP contribution in [0.25, 0.3) is 11.1 Å². The highest BCUT2D eigenvalue weighted by atomic mass is 35.5. The number of nitrogens with one attached hydrogen (secondary N) is 1. The Hall–Kier alpha value is -1.90. The Bertz CT molecular complexity index is 833. The van der Waals surface area contributed by atoms with Gasteiger partial charge in [-0.1, -0.05) is 23.7 Å². The summed E-state index contributed by atoms with van der Waals surface area (Å²) < 4.78 is 22.9. The number of nitrogens with zero attached hydrogens (tertiary/aromatic N) is 2. The van der Waals surface area contributed by atoms with Crippen LogP contribution in [0, 0.1) is 0 Å². The highest BCUT2D eigenvalue weighted by Gasteiger charge is 2.38. The van der Waals surface area contributed by atoms with E-state index in [-0.39, 0.29) is 18.9 Å². The molecule has 0 bridgehead atoms. The van der Waals surface area contributed by atoms with Gasteiger partial charge in [0.2, 0.25) is 15.9 Å². The van der Waals surface area contributed by atoms with Crippen molar-refractivity contribution in [1.29, 1.82) is 0 Å². The number of hydrogen-bond donors (Lipinski definition) is 2. The molecule has 1 aliphatic rings. The number of anilines is 1. The van der Waals surface area contributed by atoms with E-state index in [4.69, 9.17) is 16.7 Å². The van der Waals surface area contributed by atoms with E-state index in [1.165, 1.54) is 4.90 Å². The van der Waals surface area contributed by atoms with Gasteiger partial charge in [-0.25, -0.2) is 13.6 Å². The smallest absolute Gasteiger partial charge is 0.229 e. The van der Waals surface area contributed by atoms with Gasteiger partial charge < -0.3 is 0 Å². The van der Waals surface area contributed by atoms with Crippen LogP contribution < -0.4 is 10.0 Å². The van der Waals surface area contributed by atoms with E-state index in [1.807, 2.05) is 6.07 Å². The van der Waals surface area contributed by atoms with E-state index in [0.29, 0.717) is 16.4 Å². The molecule has 7 nitrogen and oxygen atoms in total. The second-order valence-corrected chi connectivity index (χ2v) is 7.34. The van der Waals surface area contributed by atoms with Gasteiger partial charge in [-0.2, -0.15) is 5.10 Å². The molecule has 1 unspecified atom stereocenters. The molecule has 0 aliphatic carbocycles. The topological polar surface area (TPSA) is 109 Å². The van der Waals surface area contributed by atoms with E-state index >= 15 is 0 Å². The van der Waals surface area contributed by atoms with Gasteiger partial charge in [0.25, 0.3) is 0 Å². The van der Waals surface area contributed by atoms with Crippen LogP contribution in [0.4, 0.5) is 5.82 Å². The van der Waals surface area contributed by atoms with Crippen molar-refractivity contribution in [2.45, 2.75) is 11.7 Å². The summed E-state index contributed by atoms with van der Waals surface area (Å²) in [6, 6.07) is 7.10. The van der Waals surface area contributed by atoms with Crippen LogP contribution in [0.2, 0.25) is 5.02 Å². The number of amides is 1. The first-order valence-electron chi connectivity index (χ1n) is 6.47. The fraction of sp³-hybridized carbons (Fsp3) is 0.231. The summed E-state index contributed by atoms with van der Waals surface area (Å²) in [6.07, 6.45) is 1.44. The van der Waals surface area contributed by atoms with Gasteiger partial charge in [0.05, 0.1) is 6.20 Å². The lowest BCUT2D eigenvalue weighted by Gasteiger charge is -2.16. The number of aromatic amines is 1. The van der Waals surface area contributed by atoms with Crippen LogP contribution in [0.3, 0.4) is 0 Å². The SMILES string of the molecule is NS(=O)(=O)C1CC(=O)N(c2[nH]ncc2-c2cccc(Cl)c2)C1. The lowest BCUT2D eigenvalue weighted by Crippen LogP contribution is -2.32. The lowest BCUT2D eigenvalue weighted by atomic mass is 10.1. The van der Waals surface area contributed by atoms with Crippen molar-refractivity contribution in [3.05, 3.63) is 35.5 Å². The van der Waals surface area contributed by atoms with Crippen LogP contribution in [-0.4, -0.2) is 36.3 Å². The number of sulfonamides is 1. The van der Waals surface area contributed by atoms with Gasteiger partial charge >= 0.3 is 0 Å². The normalized spacial score (nSPS) is 18.9. The number of aromatic nitrogens is 2. The third kappa shape index (κ3) is 2.72. The van der Waals surface area contributed by atoms with Crippen molar-refractivity contribution >= 4 is 33.3 Å². The van der Waals surface area contributed by atoms with Crippen molar-refractivity contribution < 1.29 is 13.2 Å². The first-order chi connectivity index (χ1) is 10.4. The standard InChI is InChI=1S/C13H13ClN4O3S/c14-9-3-1-2-8(4-9)11-6-16-17-13(11)18-7-10(5-12(18)19)22(15,20)21/h1-4,6,10H,5,7H2,(H,16,17)(H2,15,20,21). The van der Waals surface area contributed by atoms with Crippen LogP contribution >= 0.6 is 11.6 Å². The number of halogens is 1. The molecule has 22 heavy (non-hydrogen) atoms. The minimum Gasteiger partial charge on any atom is -0.295 e. The number of nitrogens with two attached hydrogens (primary N) is 1. The molecular weight excluding hydrogens is 328 g/mol. The summed E-state index contributed by atoms with van der Waals surface area (Å²) in [5.41, 5.74) is 1.45. The monoisotopic (exact) mass is 340 g/mol. The highest BCUT2D eigenvalue weighted by molar-refractivity contribution is 7.89. The van der Waals surface area contributed by atoms with Crippen molar-refractivity contribution in [2.75, 3.05) is 11.4 Å². The minimum atomic E-state index is -3.76. The number of H-pyrrole nitrogens is 1. The van der Waals surface area contributed by atoms with Crippen molar-refractivity contribution in [2.24, 2.45) is 5.14 Å². The molecule has 1 aromatic carbocycles. The first-order valence-corrected chi connectivity index (χ1v) is 8.46. The number of rotatable bonds is 3. The maximum atomic E-state index is 12.1. The predicted molar refractivity (Wildman–Crippen MR) is 82.9 cm³/mol. The zero-order chi connectivity index (χ0) is 15.9. The van der Waals surface area contributed by atoms with Gasteiger partial charge in [0.1, 0.15) is 11.1 Å². The zero-order valence-electron chi connectivity index (χ0n) is 11.4. The van der Waals surface area contributed by atoms with Crippen molar-refractivity contribution in [3.8, 4) is 11.1 Å². The predicted octanol–water partition coefficient (Wildman–Crippen LogP) is 1.12. The largest absolute Gasteiger partial charge is 0.295 e. The maximum Gasteiger partial charge on any atom is 0.229 e. The molecule has 116 valence electrons. The second-order valence-electron chi connectivity index (χ2n) is 5.06. The van der Waals surface area contributed by atoms with Gasteiger partial charge in [0, 0.05) is 23.6 Å². The Morgan fingerprint density at radius 2 is 2.18 bits per heavy atom. The molecule has 0 spiro atoms. The van der Waals surface area contributed by atoms with Gasteiger partial charge in [-0.15, -0.1) is 0 Å². The molecule has 0 radical (unpaired) electrons. The molecule has 0 saturated carbocycles. The summed E-state index contributed by atoms with van der Waals surface area (Å²) in [4.78, 5) is 13.5. The Morgan fingerprint density at radius 3 is 2.82 bits per heavy atom. The number of benzene rings is 1. The fourth-order valence-electron chi connectivity index (χ4n) is 2.46. The number of primary sulfonamides is 1. The number of carbonyl (C=O) groups excluding carboxylic acids is 1. The van der Waals surface area contributed by atoms with Crippen molar-refractivity contribution in [1.82, 2.24) is 10.2 Å². The quantitative estimate of drug-likeness (QED) is 0.872. The average molecular weight is 341 g/mol. The van der Waals surface area contributed by atoms with E-state index in [9.17, 15) is 13.2 Å². The molecule has 1 fully saturated rings. The molecule has 3 N–H and O–H groups in total. The van der Waals surface area contributed by atoms with Crippen LogP contribution in [0.1, 0.15) is 6.42 Å². The minimum absolute atomic E-state index is 0.00737. The second kappa shape index (κ2) is 5.38. The average Bonchev–Trinajstić information content (AvgIpc) is 3.03. The molecule has 3 rings (SSSR count). The van der Waals surface area contributed by atoms with Crippen LogP contribution in [0.5, 0.6) is 0 Å². The Labute approximate surface area is 132 Å². The van der Waals surface area contributed by atoms with E-state index in [2.05, 4.69) is 10.2 Å². The zero-order valence-corrected chi connectivity index (χ0v) is 12.9. The first kappa shape index (κ1) is 15.0. The molecule has 1 aliphatic heterocycles. The maximum absolute atomic E-state index is 12.1. The molecule has 1 amide bonds. The molecule has 1 saturated heterocycles. The summed E-state index contributed by atoms with van der Waals surface area (Å²) in [6.45, 7) is 0.00737. The summed E-state index contributed by atoms with van der Waals surface area (Å²) >= 11 is 5.98. The van der Waals surface area contributed by atoms with E-state index in [0.717, 1.165) is 5.56 Å². The van der Waals surface area contributed by atoms with E-state index in [1.54, 1.807) is 24.4 Å². The molecule has 1 aromatic heterocycles. The van der Waals surface area contributed by atoms with Gasteiger partial charge in [-0.3, -0.25) is 14.8 Å². The van der Waals surface area contributed by atoms with Gasteiger partial charge in [0.15, 0.2) is 0 Å². The summed E-state index contributed by atoms with van der Waals surface area (Å²) in [7, 11) is -3.76. The third-order valence-electron chi connectivity index (χ3n) is 3.58. The van der Waals surface area contributed by atoms with E-state index < -0.39 is 15.3 Å². The number of hydrogen-bond acceptors (Lipinski definition) is 4. The Morgan fingerprint density at radius 1 is 1.41 bits per heavy atom. The summed E-state index contributed by atoms with van der Waals surface area (Å²) in [5.74, 6) is 0.130. The molecule has 1 atom stereocenters. The number of carbonyl (C=O) groups is 1. The Balaban J connectivity index is 1.98. The lowest BCUT2D eigenvalue weighted by molar-refractivity contribution is -0.117. The van der Waals surface area contributed by atoms with Crippen LogP contribution in [-0.2, 0) is 14.8 Å². The molecular formula is C13H13ClN4O3S. The Kier molecular flexibility index (Phi) is 3.67. The highest BCUT2D eigenvalue weighted by Crippen LogP contribution is 2.33. The third-order valence-corrected chi connectivity index (χ3v) is 5.06. The molecule has 9 heteroatoms. The fourth-order valence-corrected chi connectivity index (χ4v) is 3.39. The molecule has 2 aromatic rings. The van der Waals surface area contributed by atoms with Crippen molar-refractivity contribution in [3.63, 3.8) is 0 Å².